The quantitative estimate of drug-likeness (QED) is 0.448. The van der Waals surface area contributed by atoms with Gasteiger partial charge in [-0.25, -0.2) is 0 Å². The van der Waals surface area contributed by atoms with E-state index in [2.05, 4.69) is 0 Å². The second-order valence-electron chi connectivity index (χ2n) is 15.7. The van der Waals surface area contributed by atoms with Crippen LogP contribution in [0.25, 0.3) is 0 Å². The van der Waals surface area contributed by atoms with Gasteiger partial charge in [-0.15, -0.1) is 0 Å². The summed E-state index contributed by atoms with van der Waals surface area (Å²) in [4.78, 5) is 0. The van der Waals surface area contributed by atoms with E-state index in [1.54, 1.807) is 0 Å². The topological polar surface area (TPSA) is 73.8 Å². The molecule has 4 fully saturated rings. The minimum atomic E-state index is -0.683. The molecule has 4 aliphatic heterocycles. The van der Waals surface area contributed by atoms with Crippen LogP contribution in [0.2, 0.25) is 11.4 Å². The van der Waals surface area contributed by atoms with Crippen molar-refractivity contribution in [1.29, 1.82) is 0 Å². The third-order valence-corrected chi connectivity index (χ3v) is 10.8. The Morgan fingerprint density at radius 2 is 0.368 bits per heavy atom. The van der Waals surface area contributed by atoms with Gasteiger partial charge in [-0.2, -0.15) is 0 Å². The van der Waals surface area contributed by atoms with Crippen LogP contribution in [0, 0.1) is 0 Å². The van der Waals surface area contributed by atoms with E-state index in [1.165, 1.54) is 0 Å². The van der Waals surface area contributed by atoms with Crippen LogP contribution in [-0.2, 0) is 37.2 Å². The zero-order chi connectivity index (χ0) is 29.1. The van der Waals surface area contributed by atoms with Crippen LogP contribution < -0.4 is 0 Å². The minimum Gasteiger partial charge on any atom is -0.403 e. The smallest absolute Gasteiger partial charge is 0.403 e. The van der Waals surface area contributed by atoms with Gasteiger partial charge in [-0.1, -0.05) is 0 Å². The molecule has 0 aromatic rings. The van der Waals surface area contributed by atoms with Crippen molar-refractivity contribution in [3.05, 3.63) is 0 Å². The van der Waals surface area contributed by atoms with Gasteiger partial charge >= 0.3 is 28.5 Å². The molecule has 0 atom stereocenters. The zero-order valence-electron chi connectivity index (χ0n) is 26.7. The van der Waals surface area contributed by atoms with Gasteiger partial charge in [0, 0.05) is 11.4 Å². The molecule has 0 unspecified atom stereocenters. The average Bonchev–Trinajstić information content (AvgIpc) is 3.19. The molecule has 0 radical (unpaired) electrons. The Morgan fingerprint density at radius 3 is 0.474 bits per heavy atom. The molecule has 4 saturated heterocycles. The lowest BCUT2D eigenvalue weighted by Crippen LogP contribution is -2.51. The van der Waals surface area contributed by atoms with E-state index in [9.17, 15) is 0 Å². The second kappa shape index (κ2) is 8.73. The van der Waals surface area contributed by atoms with E-state index < -0.39 is 84.7 Å². The van der Waals surface area contributed by atoms with Crippen LogP contribution in [0.1, 0.15) is 111 Å². The fraction of sp³-hybridized carbons (Fsp3) is 1.00. The summed E-state index contributed by atoms with van der Waals surface area (Å²) < 4.78 is 53.4. The molecule has 4 aliphatic rings. The molecule has 0 N–H and O–H groups in total. The maximum absolute atomic E-state index is 6.68. The summed E-state index contributed by atoms with van der Waals surface area (Å²) in [5.74, 6) is 0. The monoisotopic (exact) mass is 534 g/mol. The third kappa shape index (κ3) is 4.77. The molecule has 0 aromatic carbocycles. The SMILES string of the molecule is CC1(C)OB(C(B2OC(C)(C)C(C)(C)O2)C(B2OC(C)(C)C(C)(C)O2)B2OC(C)(C)C(C)(C)O2)OC1(C)C. The molecular formula is C26H50B4O8. The van der Waals surface area contributed by atoms with Gasteiger partial charge in [0.1, 0.15) is 0 Å². The predicted octanol–water partition coefficient (Wildman–Crippen LogP) is 5.17. The third-order valence-electron chi connectivity index (χ3n) is 10.8. The van der Waals surface area contributed by atoms with E-state index in [1.807, 2.05) is 111 Å². The van der Waals surface area contributed by atoms with Gasteiger partial charge < -0.3 is 37.2 Å². The van der Waals surface area contributed by atoms with Crippen LogP contribution >= 0.6 is 0 Å². The van der Waals surface area contributed by atoms with Crippen molar-refractivity contribution < 1.29 is 37.2 Å². The highest BCUT2D eigenvalue weighted by Crippen LogP contribution is 2.55. The Hall–Kier alpha value is -0.0603. The Labute approximate surface area is 232 Å². The van der Waals surface area contributed by atoms with Crippen LogP contribution in [-0.4, -0.2) is 73.3 Å². The van der Waals surface area contributed by atoms with E-state index in [0.29, 0.717) is 0 Å². The van der Waals surface area contributed by atoms with Crippen molar-refractivity contribution in [3.8, 4) is 0 Å². The minimum absolute atomic E-state index is 0.499. The lowest BCUT2D eigenvalue weighted by atomic mass is 9.32. The average molecular weight is 534 g/mol. The Balaban J connectivity index is 1.84. The second-order valence-corrected chi connectivity index (χ2v) is 15.7. The first-order valence-electron chi connectivity index (χ1n) is 14.2. The highest BCUT2D eigenvalue weighted by atomic mass is 16.7. The molecule has 0 saturated carbocycles. The number of rotatable bonds is 5. The number of hydrogen-bond donors (Lipinski definition) is 0. The maximum atomic E-state index is 6.68. The Kier molecular flexibility index (Phi) is 7.09. The highest BCUT2D eigenvalue weighted by Gasteiger charge is 2.71. The molecule has 0 aromatic heterocycles. The molecule has 8 nitrogen and oxygen atoms in total. The van der Waals surface area contributed by atoms with E-state index in [-0.39, 0.29) is 0 Å². The summed E-state index contributed by atoms with van der Waals surface area (Å²) in [6.45, 7) is 32.8. The predicted molar refractivity (Wildman–Crippen MR) is 152 cm³/mol. The van der Waals surface area contributed by atoms with E-state index >= 15 is 0 Å². The first-order chi connectivity index (χ1) is 16.8. The molecule has 38 heavy (non-hydrogen) atoms. The number of hydrogen-bond acceptors (Lipinski definition) is 8. The molecule has 4 heterocycles. The van der Waals surface area contributed by atoms with Gasteiger partial charge in [0.15, 0.2) is 0 Å². The first kappa shape index (κ1) is 30.9. The van der Waals surface area contributed by atoms with Crippen molar-refractivity contribution in [2.24, 2.45) is 0 Å². The van der Waals surface area contributed by atoms with Gasteiger partial charge in [0.05, 0.1) is 44.8 Å². The van der Waals surface area contributed by atoms with Gasteiger partial charge in [0.25, 0.3) is 0 Å². The van der Waals surface area contributed by atoms with E-state index in [0.717, 1.165) is 0 Å². The summed E-state index contributed by atoms with van der Waals surface area (Å²) >= 11 is 0. The summed E-state index contributed by atoms with van der Waals surface area (Å²) in [6, 6.07) is 0. The normalized spacial score (nSPS) is 31.7. The molecule has 4 rings (SSSR count). The van der Waals surface area contributed by atoms with Crippen molar-refractivity contribution >= 4 is 28.5 Å². The highest BCUT2D eigenvalue weighted by molar-refractivity contribution is 6.79. The summed E-state index contributed by atoms with van der Waals surface area (Å²) in [6.07, 6.45) is 0. The molecular weight excluding hydrogens is 484 g/mol. The van der Waals surface area contributed by atoms with Crippen LogP contribution in [0.15, 0.2) is 0 Å². The van der Waals surface area contributed by atoms with Crippen LogP contribution in [0.5, 0.6) is 0 Å². The van der Waals surface area contributed by atoms with Gasteiger partial charge in [-0.05, 0) is 111 Å². The molecule has 0 aliphatic carbocycles. The first-order valence-corrected chi connectivity index (χ1v) is 14.2. The lowest BCUT2D eigenvalue weighted by molar-refractivity contribution is 0.00578. The van der Waals surface area contributed by atoms with E-state index in [4.69, 9.17) is 37.2 Å². The fourth-order valence-corrected chi connectivity index (χ4v) is 5.17. The van der Waals surface area contributed by atoms with Gasteiger partial charge in [0.2, 0.25) is 0 Å². The van der Waals surface area contributed by atoms with Crippen molar-refractivity contribution in [2.75, 3.05) is 0 Å². The summed E-state index contributed by atoms with van der Waals surface area (Å²) in [5.41, 5.74) is -5.47. The molecule has 12 heteroatoms. The van der Waals surface area contributed by atoms with Crippen LogP contribution in [0.3, 0.4) is 0 Å². The van der Waals surface area contributed by atoms with Crippen molar-refractivity contribution in [3.63, 3.8) is 0 Å². The molecule has 214 valence electrons. The fourth-order valence-electron chi connectivity index (χ4n) is 5.17. The molecule has 0 amide bonds. The van der Waals surface area contributed by atoms with Crippen molar-refractivity contribution in [2.45, 2.75) is 167 Å². The molecule has 0 bridgehead atoms. The standard InChI is InChI=1S/C26H50B4O8/c1-19(2)20(3,4)32-27(31-19)17(28-33-21(5,6)22(7,8)34-28)18(29-35-23(9,10)24(11,12)36-29)30-37-25(13,14)26(15,16)38-30/h17-18H,1-16H3. The van der Waals surface area contributed by atoms with Crippen LogP contribution in [0.4, 0.5) is 0 Å². The largest absolute Gasteiger partial charge is 0.458 e. The lowest BCUT2D eigenvalue weighted by Gasteiger charge is -2.33. The maximum Gasteiger partial charge on any atom is 0.458 e. The molecule has 0 spiro atoms. The summed E-state index contributed by atoms with van der Waals surface area (Å²) in [7, 11) is -2.73. The Bertz CT molecular complexity index is 722. The summed E-state index contributed by atoms with van der Waals surface area (Å²) in [5, 5.41) is 0. The zero-order valence-corrected chi connectivity index (χ0v) is 26.7. The Morgan fingerprint density at radius 1 is 0.263 bits per heavy atom. The van der Waals surface area contributed by atoms with Gasteiger partial charge in [-0.3, -0.25) is 0 Å². The van der Waals surface area contributed by atoms with Crippen molar-refractivity contribution in [1.82, 2.24) is 0 Å².